The fraction of sp³-hybridized carbons (Fsp3) is 0.786. The lowest BCUT2D eigenvalue weighted by Gasteiger charge is -2.16. The highest BCUT2D eigenvalue weighted by molar-refractivity contribution is 5.60. The van der Waals surface area contributed by atoms with Crippen LogP contribution in [0.2, 0.25) is 0 Å². The van der Waals surface area contributed by atoms with E-state index in [2.05, 4.69) is 17.3 Å². The summed E-state index contributed by atoms with van der Waals surface area (Å²) in [6, 6.07) is 0. The van der Waals surface area contributed by atoms with Crippen LogP contribution >= 0.6 is 0 Å². The molecule has 1 unspecified atom stereocenters. The van der Waals surface area contributed by atoms with Gasteiger partial charge in [0.2, 0.25) is 5.82 Å². The summed E-state index contributed by atoms with van der Waals surface area (Å²) < 4.78 is 1.54. The SMILES string of the molecule is CCCC(CCO)CNc1c([N+](=O)[O-])c(C(C)C)nn1C. The van der Waals surface area contributed by atoms with Gasteiger partial charge in [-0.2, -0.15) is 5.10 Å². The van der Waals surface area contributed by atoms with Crippen molar-refractivity contribution in [3.05, 3.63) is 15.8 Å². The largest absolute Gasteiger partial charge is 0.396 e. The van der Waals surface area contributed by atoms with Crippen molar-refractivity contribution in [3.8, 4) is 0 Å². The maximum Gasteiger partial charge on any atom is 0.334 e. The zero-order valence-corrected chi connectivity index (χ0v) is 13.3. The molecule has 0 bridgehead atoms. The highest BCUT2D eigenvalue weighted by Gasteiger charge is 2.28. The van der Waals surface area contributed by atoms with Crippen molar-refractivity contribution in [2.45, 2.75) is 46.0 Å². The third kappa shape index (κ3) is 4.42. The molecule has 0 saturated heterocycles. The van der Waals surface area contributed by atoms with Gasteiger partial charge in [-0.3, -0.25) is 10.1 Å². The molecule has 0 radical (unpaired) electrons. The van der Waals surface area contributed by atoms with Crippen LogP contribution in [0.5, 0.6) is 0 Å². The first-order chi connectivity index (χ1) is 9.92. The highest BCUT2D eigenvalue weighted by Crippen LogP contribution is 2.33. The highest BCUT2D eigenvalue weighted by atomic mass is 16.6. The van der Waals surface area contributed by atoms with E-state index in [4.69, 9.17) is 5.11 Å². The summed E-state index contributed by atoms with van der Waals surface area (Å²) in [5.41, 5.74) is 0.561. The van der Waals surface area contributed by atoms with Gasteiger partial charge in [-0.15, -0.1) is 0 Å². The molecule has 0 aliphatic carbocycles. The quantitative estimate of drug-likeness (QED) is 0.540. The first kappa shape index (κ1) is 17.4. The summed E-state index contributed by atoms with van der Waals surface area (Å²) >= 11 is 0. The van der Waals surface area contributed by atoms with Gasteiger partial charge < -0.3 is 10.4 Å². The van der Waals surface area contributed by atoms with E-state index in [9.17, 15) is 10.1 Å². The van der Waals surface area contributed by atoms with E-state index >= 15 is 0 Å². The molecule has 0 aromatic carbocycles. The van der Waals surface area contributed by atoms with E-state index in [-0.39, 0.29) is 23.1 Å². The van der Waals surface area contributed by atoms with E-state index in [1.807, 2.05) is 13.8 Å². The summed E-state index contributed by atoms with van der Waals surface area (Å²) in [5.74, 6) is 0.746. The summed E-state index contributed by atoms with van der Waals surface area (Å²) in [7, 11) is 1.71. The number of aryl methyl sites for hydroxylation is 1. The molecule has 0 amide bonds. The molecule has 1 aromatic heterocycles. The number of aliphatic hydroxyl groups excluding tert-OH is 1. The van der Waals surface area contributed by atoms with Crippen molar-refractivity contribution in [2.75, 3.05) is 18.5 Å². The maximum atomic E-state index is 11.3. The molecule has 120 valence electrons. The fourth-order valence-corrected chi connectivity index (χ4v) is 2.48. The van der Waals surface area contributed by atoms with Gasteiger partial charge in [-0.1, -0.05) is 27.2 Å². The summed E-state index contributed by atoms with van der Waals surface area (Å²) in [4.78, 5) is 11.0. The van der Waals surface area contributed by atoms with E-state index < -0.39 is 0 Å². The molecule has 7 nitrogen and oxygen atoms in total. The van der Waals surface area contributed by atoms with Crippen molar-refractivity contribution >= 4 is 11.5 Å². The summed E-state index contributed by atoms with van der Waals surface area (Å²) in [6.45, 7) is 6.62. The third-order valence-electron chi connectivity index (χ3n) is 3.57. The zero-order chi connectivity index (χ0) is 16.0. The number of nitrogens with zero attached hydrogens (tertiary/aromatic N) is 3. The van der Waals surface area contributed by atoms with Crippen LogP contribution in [0.4, 0.5) is 11.5 Å². The number of hydrogen-bond acceptors (Lipinski definition) is 5. The van der Waals surface area contributed by atoms with Crippen LogP contribution in [0.15, 0.2) is 0 Å². The Balaban J connectivity index is 2.94. The topological polar surface area (TPSA) is 93.2 Å². The predicted molar refractivity (Wildman–Crippen MR) is 82.5 cm³/mol. The Hall–Kier alpha value is -1.63. The van der Waals surface area contributed by atoms with Gasteiger partial charge in [0.25, 0.3) is 0 Å². The smallest absolute Gasteiger partial charge is 0.334 e. The van der Waals surface area contributed by atoms with Crippen LogP contribution < -0.4 is 5.32 Å². The second-order valence-electron chi connectivity index (χ2n) is 5.67. The molecular formula is C14H26N4O3. The number of aliphatic hydroxyl groups is 1. The predicted octanol–water partition coefficient (Wildman–Crippen LogP) is 2.66. The van der Waals surface area contributed by atoms with Crippen LogP contribution in [-0.2, 0) is 7.05 Å². The van der Waals surface area contributed by atoms with Gasteiger partial charge in [-0.05, 0) is 18.8 Å². The third-order valence-corrected chi connectivity index (χ3v) is 3.57. The summed E-state index contributed by atoms with van der Waals surface area (Å²) in [6.07, 6.45) is 2.71. The van der Waals surface area contributed by atoms with Crippen molar-refractivity contribution in [2.24, 2.45) is 13.0 Å². The molecule has 0 spiro atoms. The van der Waals surface area contributed by atoms with Gasteiger partial charge in [0.05, 0.1) is 4.92 Å². The molecule has 1 rings (SSSR count). The van der Waals surface area contributed by atoms with Gasteiger partial charge in [0.1, 0.15) is 5.69 Å². The molecule has 0 fully saturated rings. The normalized spacial score (nSPS) is 12.7. The Bertz CT molecular complexity index is 465. The van der Waals surface area contributed by atoms with E-state index in [1.54, 1.807) is 7.05 Å². The Morgan fingerprint density at radius 2 is 2.10 bits per heavy atom. The van der Waals surface area contributed by atoms with E-state index in [1.165, 1.54) is 4.68 Å². The standard InChI is InChI=1S/C14H26N4O3/c1-5-6-11(7-8-19)9-15-14-13(18(20)21)12(10(2)3)16-17(14)4/h10-11,15,19H,5-9H2,1-4H3. The molecule has 0 aliphatic heterocycles. The van der Waals surface area contributed by atoms with Gasteiger partial charge >= 0.3 is 5.69 Å². The van der Waals surface area contributed by atoms with Crippen molar-refractivity contribution < 1.29 is 10.0 Å². The van der Waals surface area contributed by atoms with Crippen molar-refractivity contribution in [3.63, 3.8) is 0 Å². The Morgan fingerprint density at radius 3 is 2.57 bits per heavy atom. The lowest BCUT2D eigenvalue weighted by atomic mass is 10.0. The second-order valence-corrected chi connectivity index (χ2v) is 5.67. The molecule has 7 heteroatoms. The summed E-state index contributed by atoms with van der Waals surface area (Å²) in [5, 5.41) is 27.8. The van der Waals surface area contributed by atoms with Crippen LogP contribution in [0.25, 0.3) is 0 Å². The number of rotatable bonds is 9. The zero-order valence-electron chi connectivity index (χ0n) is 13.3. The molecule has 1 atom stereocenters. The molecule has 0 saturated carbocycles. The first-order valence-electron chi connectivity index (χ1n) is 7.48. The number of aromatic nitrogens is 2. The number of nitro groups is 1. The minimum absolute atomic E-state index is 0.00368. The minimum Gasteiger partial charge on any atom is -0.396 e. The Kier molecular flexibility index (Phi) is 6.61. The number of nitrogens with one attached hydrogen (secondary N) is 1. The van der Waals surface area contributed by atoms with Crippen molar-refractivity contribution in [1.29, 1.82) is 0 Å². The Labute approximate surface area is 125 Å². The van der Waals surface area contributed by atoms with Crippen LogP contribution in [0.1, 0.15) is 51.6 Å². The van der Waals surface area contributed by atoms with Gasteiger partial charge in [-0.25, -0.2) is 4.68 Å². The molecule has 2 N–H and O–H groups in total. The number of hydrogen-bond donors (Lipinski definition) is 2. The number of anilines is 1. The molecule has 21 heavy (non-hydrogen) atoms. The molecule has 0 aliphatic rings. The lowest BCUT2D eigenvalue weighted by Crippen LogP contribution is -2.17. The average molecular weight is 298 g/mol. The monoisotopic (exact) mass is 298 g/mol. The van der Waals surface area contributed by atoms with Gasteiger partial charge in [0.15, 0.2) is 0 Å². The van der Waals surface area contributed by atoms with Crippen LogP contribution in [0, 0.1) is 16.0 Å². The first-order valence-corrected chi connectivity index (χ1v) is 7.48. The van der Waals surface area contributed by atoms with Gasteiger partial charge in [0, 0.05) is 26.1 Å². The molecule has 1 aromatic rings. The van der Waals surface area contributed by atoms with E-state index in [0.29, 0.717) is 30.4 Å². The lowest BCUT2D eigenvalue weighted by molar-refractivity contribution is -0.384. The van der Waals surface area contributed by atoms with Crippen molar-refractivity contribution in [1.82, 2.24) is 9.78 Å². The minimum atomic E-state index is -0.370. The average Bonchev–Trinajstić information content (AvgIpc) is 2.74. The second kappa shape index (κ2) is 7.97. The molecular weight excluding hydrogens is 272 g/mol. The maximum absolute atomic E-state index is 11.3. The van der Waals surface area contributed by atoms with Crippen LogP contribution in [0.3, 0.4) is 0 Å². The molecule has 1 heterocycles. The fourth-order valence-electron chi connectivity index (χ4n) is 2.48. The van der Waals surface area contributed by atoms with Crippen LogP contribution in [-0.4, -0.2) is 33.0 Å². The Morgan fingerprint density at radius 1 is 1.43 bits per heavy atom. The van der Waals surface area contributed by atoms with E-state index in [0.717, 1.165) is 12.8 Å².